The second kappa shape index (κ2) is 9.36. The number of anilines is 1. The van der Waals surface area contributed by atoms with E-state index in [2.05, 4.69) is 50.3 Å². The first-order chi connectivity index (χ1) is 16.2. The van der Waals surface area contributed by atoms with Gasteiger partial charge in [0.25, 0.3) is 5.91 Å². The van der Waals surface area contributed by atoms with Crippen LogP contribution in [0.25, 0.3) is 22.0 Å². The van der Waals surface area contributed by atoms with Crippen LogP contribution in [0.1, 0.15) is 28.8 Å². The van der Waals surface area contributed by atoms with Crippen LogP contribution in [0.5, 0.6) is 0 Å². The highest BCUT2D eigenvalue weighted by Gasteiger charge is 2.23. The molecular formula is C27H27N5O. The molecule has 3 heterocycles. The molecule has 0 spiro atoms. The summed E-state index contributed by atoms with van der Waals surface area (Å²) in [4.78, 5) is 28.2. The molecule has 1 saturated heterocycles. The smallest absolute Gasteiger partial charge is 0.251 e. The van der Waals surface area contributed by atoms with Gasteiger partial charge in [0.15, 0.2) is 0 Å². The van der Waals surface area contributed by atoms with Gasteiger partial charge in [0, 0.05) is 48.5 Å². The van der Waals surface area contributed by atoms with Crippen LogP contribution in [0.2, 0.25) is 0 Å². The molecule has 0 atom stereocenters. The van der Waals surface area contributed by atoms with Gasteiger partial charge in [0.1, 0.15) is 12.1 Å². The molecule has 0 radical (unpaired) electrons. The fourth-order valence-electron chi connectivity index (χ4n) is 4.56. The van der Waals surface area contributed by atoms with Crippen molar-refractivity contribution < 1.29 is 4.79 Å². The lowest BCUT2D eigenvalue weighted by molar-refractivity contribution is 0.0945. The molecule has 6 nitrogen and oxygen atoms in total. The predicted octanol–water partition coefficient (Wildman–Crippen LogP) is 4.65. The number of pyridine rings is 1. The fourth-order valence-corrected chi connectivity index (χ4v) is 4.56. The number of carbonyl (C=O) groups excluding carboxylic acids is 1. The second-order valence-electron chi connectivity index (χ2n) is 8.63. The Morgan fingerprint density at radius 1 is 1.03 bits per heavy atom. The summed E-state index contributed by atoms with van der Waals surface area (Å²) in [5, 5.41) is 4.17. The Balaban J connectivity index is 1.30. The molecule has 0 unspecified atom stereocenters. The van der Waals surface area contributed by atoms with E-state index in [1.807, 2.05) is 42.6 Å². The van der Waals surface area contributed by atoms with Crippen molar-refractivity contribution in [1.29, 1.82) is 0 Å². The molecule has 0 bridgehead atoms. The zero-order chi connectivity index (χ0) is 22.6. The molecule has 1 aliphatic rings. The minimum Gasteiger partial charge on any atom is -0.356 e. The van der Waals surface area contributed by atoms with E-state index in [9.17, 15) is 4.79 Å². The molecule has 33 heavy (non-hydrogen) atoms. The third kappa shape index (κ3) is 4.55. The minimum absolute atomic E-state index is 0.00164. The van der Waals surface area contributed by atoms with Crippen LogP contribution in [0.4, 0.5) is 5.82 Å². The molecule has 1 fully saturated rings. The van der Waals surface area contributed by atoms with Crippen molar-refractivity contribution in [1.82, 2.24) is 20.3 Å². The van der Waals surface area contributed by atoms with Gasteiger partial charge in [-0.2, -0.15) is 0 Å². The van der Waals surface area contributed by atoms with Gasteiger partial charge in [-0.15, -0.1) is 0 Å². The number of hydrogen-bond acceptors (Lipinski definition) is 5. The Kier molecular flexibility index (Phi) is 5.98. The van der Waals surface area contributed by atoms with Crippen LogP contribution < -0.4 is 10.2 Å². The van der Waals surface area contributed by atoms with E-state index >= 15 is 0 Å². The fraction of sp³-hybridized carbons (Fsp3) is 0.259. The van der Waals surface area contributed by atoms with Crippen molar-refractivity contribution in [2.75, 3.05) is 24.5 Å². The first kappa shape index (κ1) is 21.1. The molecule has 2 aromatic carbocycles. The van der Waals surface area contributed by atoms with Crippen molar-refractivity contribution in [2.45, 2.75) is 19.8 Å². The van der Waals surface area contributed by atoms with Gasteiger partial charge in [-0.3, -0.25) is 9.78 Å². The maximum absolute atomic E-state index is 12.4. The van der Waals surface area contributed by atoms with E-state index in [0.717, 1.165) is 59.3 Å². The number of nitrogens with zero attached hydrogens (tertiary/aromatic N) is 4. The van der Waals surface area contributed by atoms with Gasteiger partial charge in [-0.1, -0.05) is 24.3 Å². The highest BCUT2D eigenvalue weighted by atomic mass is 16.1. The highest BCUT2D eigenvalue weighted by Crippen LogP contribution is 2.32. The molecule has 2 aromatic heterocycles. The van der Waals surface area contributed by atoms with Crippen molar-refractivity contribution in [3.05, 3.63) is 84.4 Å². The van der Waals surface area contributed by atoms with E-state index < -0.39 is 0 Å². The van der Waals surface area contributed by atoms with Gasteiger partial charge < -0.3 is 10.2 Å². The molecule has 1 N–H and O–H groups in total. The summed E-state index contributed by atoms with van der Waals surface area (Å²) in [7, 11) is 0. The van der Waals surface area contributed by atoms with E-state index in [4.69, 9.17) is 0 Å². The summed E-state index contributed by atoms with van der Waals surface area (Å²) >= 11 is 0. The summed E-state index contributed by atoms with van der Waals surface area (Å²) in [6, 6.07) is 17.8. The molecule has 1 aliphatic heterocycles. The Morgan fingerprint density at radius 3 is 2.61 bits per heavy atom. The maximum Gasteiger partial charge on any atom is 0.251 e. The lowest BCUT2D eigenvalue weighted by atomic mass is 9.96. The number of carbonyl (C=O) groups is 1. The van der Waals surface area contributed by atoms with Crippen molar-refractivity contribution in [3.63, 3.8) is 0 Å². The van der Waals surface area contributed by atoms with Crippen molar-refractivity contribution in [3.8, 4) is 11.1 Å². The normalized spacial score (nSPS) is 14.4. The monoisotopic (exact) mass is 437 g/mol. The number of rotatable bonds is 5. The number of amides is 1. The number of piperidine rings is 1. The van der Waals surface area contributed by atoms with E-state index in [-0.39, 0.29) is 5.91 Å². The third-order valence-corrected chi connectivity index (χ3v) is 6.40. The second-order valence-corrected chi connectivity index (χ2v) is 8.63. The van der Waals surface area contributed by atoms with Gasteiger partial charge in [0.2, 0.25) is 0 Å². The zero-order valence-corrected chi connectivity index (χ0v) is 18.7. The first-order valence-electron chi connectivity index (χ1n) is 11.4. The summed E-state index contributed by atoms with van der Waals surface area (Å²) in [6.07, 6.45) is 7.38. The molecule has 4 aromatic rings. The number of hydrogen-bond donors (Lipinski definition) is 1. The lowest BCUT2D eigenvalue weighted by Gasteiger charge is -2.33. The summed E-state index contributed by atoms with van der Waals surface area (Å²) < 4.78 is 0. The number of aromatic nitrogens is 3. The molecule has 5 rings (SSSR count). The number of nitrogens with one attached hydrogen (secondary N) is 1. The Bertz CT molecular complexity index is 1250. The van der Waals surface area contributed by atoms with Gasteiger partial charge in [0.05, 0.1) is 5.52 Å². The SMILES string of the molecule is Cc1cc(-c2cccnc2)cc2c(N3CCC(CNC(=O)c4ccccc4)CC3)ncnc12. The van der Waals surface area contributed by atoms with Crippen LogP contribution in [0, 0.1) is 12.8 Å². The van der Waals surface area contributed by atoms with Gasteiger partial charge in [-0.25, -0.2) is 9.97 Å². The standard InChI is InChI=1S/C27H27N5O/c1-19-14-23(22-8-5-11-28-17-22)15-24-25(19)30-18-31-26(24)32-12-9-20(10-13-32)16-29-27(33)21-6-3-2-4-7-21/h2-8,11,14-15,17-18,20H,9-10,12-13,16H2,1H3,(H,29,33). The molecule has 0 saturated carbocycles. The Morgan fingerprint density at radius 2 is 1.85 bits per heavy atom. The lowest BCUT2D eigenvalue weighted by Crippen LogP contribution is -2.39. The van der Waals surface area contributed by atoms with E-state index in [1.54, 1.807) is 12.5 Å². The molecule has 6 heteroatoms. The van der Waals surface area contributed by atoms with E-state index in [1.165, 1.54) is 0 Å². The number of benzene rings is 2. The van der Waals surface area contributed by atoms with E-state index in [0.29, 0.717) is 18.0 Å². The van der Waals surface area contributed by atoms with Crippen LogP contribution in [0.3, 0.4) is 0 Å². The minimum atomic E-state index is -0.00164. The average Bonchev–Trinajstić information content (AvgIpc) is 2.88. The summed E-state index contributed by atoms with van der Waals surface area (Å²) in [6.45, 7) is 4.62. The largest absolute Gasteiger partial charge is 0.356 e. The number of aryl methyl sites for hydroxylation is 1. The van der Waals surface area contributed by atoms with Gasteiger partial charge >= 0.3 is 0 Å². The number of fused-ring (bicyclic) bond motifs is 1. The molecule has 166 valence electrons. The topological polar surface area (TPSA) is 71.0 Å². The van der Waals surface area contributed by atoms with Crippen LogP contribution >= 0.6 is 0 Å². The van der Waals surface area contributed by atoms with Crippen LogP contribution in [-0.2, 0) is 0 Å². The third-order valence-electron chi connectivity index (χ3n) is 6.40. The molecule has 1 amide bonds. The highest BCUT2D eigenvalue weighted by molar-refractivity contribution is 5.95. The van der Waals surface area contributed by atoms with Crippen molar-refractivity contribution >= 4 is 22.6 Å². The van der Waals surface area contributed by atoms with Gasteiger partial charge in [-0.05, 0) is 67.1 Å². The Labute approximate surface area is 193 Å². The quantitative estimate of drug-likeness (QED) is 0.492. The maximum atomic E-state index is 12.4. The van der Waals surface area contributed by atoms with Crippen LogP contribution in [0.15, 0.2) is 73.3 Å². The van der Waals surface area contributed by atoms with Crippen molar-refractivity contribution in [2.24, 2.45) is 5.92 Å². The zero-order valence-electron chi connectivity index (χ0n) is 18.7. The van der Waals surface area contributed by atoms with Crippen LogP contribution in [-0.4, -0.2) is 40.5 Å². The summed E-state index contributed by atoms with van der Waals surface area (Å²) in [5.41, 5.74) is 5.05. The molecule has 0 aliphatic carbocycles. The predicted molar refractivity (Wildman–Crippen MR) is 131 cm³/mol. The Hall–Kier alpha value is -3.80. The molecular weight excluding hydrogens is 410 g/mol. The first-order valence-corrected chi connectivity index (χ1v) is 11.4. The summed E-state index contributed by atoms with van der Waals surface area (Å²) in [5.74, 6) is 1.45. The average molecular weight is 438 g/mol.